The molecule has 0 saturated heterocycles. The minimum Gasteiger partial charge on any atom is -0.369 e. The van der Waals surface area contributed by atoms with Crippen molar-refractivity contribution in [3.05, 3.63) is 20.5 Å². The summed E-state index contributed by atoms with van der Waals surface area (Å²) in [6.07, 6.45) is 0. The largest absolute Gasteiger partial charge is 0.369 e. The van der Waals surface area contributed by atoms with Crippen LogP contribution in [0.3, 0.4) is 0 Å². The number of nitro groups is 1. The number of amides is 1. The molecule has 1 aromatic rings. The lowest BCUT2D eigenvalue weighted by molar-refractivity contribution is -0.384. The Bertz CT molecular complexity index is 656. The molecule has 0 spiro atoms. The van der Waals surface area contributed by atoms with Gasteiger partial charge in [-0.1, -0.05) is 25.4 Å². The molecule has 11 heteroatoms. The summed E-state index contributed by atoms with van der Waals surface area (Å²) in [6, 6.07) is 0.886. The van der Waals surface area contributed by atoms with Crippen molar-refractivity contribution in [3.8, 4) is 0 Å². The molecule has 0 atom stereocenters. The highest BCUT2D eigenvalue weighted by Crippen LogP contribution is 2.37. The smallest absolute Gasteiger partial charge is 0.300 e. The minimum atomic E-state index is -4.06. The zero-order valence-corrected chi connectivity index (χ0v) is 13.7. The van der Waals surface area contributed by atoms with Crippen LogP contribution in [-0.4, -0.2) is 36.6 Å². The molecule has 0 radical (unpaired) electrons. The van der Waals surface area contributed by atoms with E-state index >= 15 is 0 Å². The van der Waals surface area contributed by atoms with Crippen LogP contribution in [0, 0.1) is 16.0 Å². The number of carbonyl (C=O) groups is 1. The highest BCUT2D eigenvalue weighted by molar-refractivity contribution is 7.91. The molecule has 2 N–H and O–H groups in total. The predicted molar refractivity (Wildman–Crippen MR) is 78.8 cm³/mol. The minimum absolute atomic E-state index is 0.0513. The number of hydrogen-bond acceptors (Lipinski definition) is 6. The average Bonchev–Trinajstić information content (AvgIpc) is 2.70. The number of thiophene rings is 1. The van der Waals surface area contributed by atoms with Crippen molar-refractivity contribution in [3.63, 3.8) is 0 Å². The van der Waals surface area contributed by atoms with Crippen LogP contribution in [0.4, 0.5) is 5.69 Å². The fourth-order valence-corrected chi connectivity index (χ4v) is 4.94. The molecular formula is C10H14ClN3O5S2. The summed E-state index contributed by atoms with van der Waals surface area (Å²) < 4.78 is 25.2. The molecule has 21 heavy (non-hydrogen) atoms. The van der Waals surface area contributed by atoms with Crippen LogP contribution < -0.4 is 5.73 Å². The lowest BCUT2D eigenvalue weighted by Gasteiger charge is -2.21. The van der Waals surface area contributed by atoms with Gasteiger partial charge in [-0.2, -0.15) is 4.31 Å². The van der Waals surface area contributed by atoms with Crippen LogP contribution in [0.2, 0.25) is 4.34 Å². The van der Waals surface area contributed by atoms with Crippen molar-refractivity contribution >= 4 is 44.6 Å². The van der Waals surface area contributed by atoms with Crippen LogP contribution >= 0.6 is 22.9 Å². The van der Waals surface area contributed by atoms with E-state index in [4.69, 9.17) is 17.3 Å². The maximum absolute atomic E-state index is 12.4. The molecule has 1 rings (SSSR count). The van der Waals surface area contributed by atoms with Gasteiger partial charge in [0.1, 0.15) is 4.21 Å². The van der Waals surface area contributed by atoms with Crippen molar-refractivity contribution < 1.29 is 18.1 Å². The van der Waals surface area contributed by atoms with Crippen molar-refractivity contribution in [2.75, 3.05) is 13.1 Å². The van der Waals surface area contributed by atoms with E-state index in [1.54, 1.807) is 13.8 Å². The third-order valence-corrected chi connectivity index (χ3v) is 5.94. The molecule has 1 aromatic heterocycles. The van der Waals surface area contributed by atoms with E-state index < -0.39 is 33.1 Å². The van der Waals surface area contributed by atoms with E-state index in [9.17, 15) is 23.3 Å². The third kappa shape index (κ3) is 4.37. The van der Waals surface area contributed by atoms with E-state index in [1.807, 2.05) is 0 Å². The van der Waals surface area contributed by atoms with Gasteiger partial charge in [-0.25, -0.2) is 8.42 Å². The second kappa shape index (κ2) is 6.69. The highest BCUT2D eigenvalue weighted by Gasteiger charge is 2.31. The summed E-state index contributed by atoms with van der Waals surface area (Å²) in [5, 5.41) is 10.7. The summed E-state index contributed by atoms with van der Waals surface area (Å²) >= 11 is 6.24. The molecule has 0 aliphatic rings. The first-order valence-corrected chi connectivity index (χ1v) is 8.41. The van der Waals surface area contributed by atoms with Gasteiger partial charge < -0.3 is 5.73 Å². The van der Waals surface area contributed by atoms with Crippen LogP contribution in [0.15, 0.2) is 10.3 Å². The van der Waals surface area contributed by atoms with Crippen molar-refractivity contribution in [2.24, 2.45) is 11.7 Å². The quantitative estimate of drug-likeness (QED) is 0.585. The van der Waals surface area contributed by atoms with Gasteiger partial charge in [-0.3, -0.25) is 14.9 Å². The van der Waals surface area contributed by atoms with Crippen LogP contribution in [0.25, 0.3) is 0 Å². The number of carbonyl (C=O) groups excluding carboxylic acids is 1. The number of halogens is 1. The molecule has 0 unspecified atom stereocenters. The van der Waals surface area contributed by atoms with E-state index in [2.05, 4.69) is 0 Å². The number of primary amides is 1. The Kier molecular flexibility index (Phi) is 5.68. The maximum atomic E-state index is 12.4. The first-order chi connectivity index (χ1) is 9.55. The zero-order valence-electron chi connectivity index (χ0n) is 11.3. The zero-order chi connectivity index (χ0) is 16.4. The SMILES string of the molecule is CC(C)CN(CC(N)=O)S(=O)(=O)c1cc([N+](=O)[O-])c(Cl)s1. The van der Waals surface area contributed by atoms with E-state index in [-0.39, 0.29) is 21.0 Å². The summed E-state index contributed by atoms with van der Waals surface area (Å²) in [7, 11) is -4.06. The molecule has 0 saturated carbocycles. The number of sulfonamides is 1. The molecule has 0 bridgehead atoms. The monoisotopic (exact) mass is 355 g/mol. The average molecular weight is 356 g/mol. The molecule has 0 aliphatic carbocycles. The van der Waals surface area contributed by atoms with E-state index in [1.165, 1.54) is 0 Å². The van der Waals surface area contributed by atoms with Crippen LogP contribution in [0.5, 0.6) is 0 Å². The summed E-state index contributed by atoms with van der Waals surface area (Å²) in [6.45, 7) is 3.11. The number of hydrogen-bond donors (Lipinski definition) is 1. The van der Waals surface area contributed by atoms with Crippen molar-refractivity contribution in [2.45, 2.75) is 18.1 Å². The fraction of sp³-hybridized carbons (Fsp3) is 0.500. The van der Waals surface area contributed by atoms with Gasteiger partial charge in [-0.05, 0) is 5.92 Å². The van der Waals surface area contributed by atoms with Gasteiger partial charge in [0, 0.05) is 12.6 Å². The molecule has 0 fully saturated rings. The Labute approximate surface area is 130 Å². The van der Waals surface area contributed by atoms with Gasteiger partial charge in [-0.15, -0.1) is 11.3 Å². The predicted octanol–water partition coefficient (Wildman–Crippen LogP) is 1.44. The van der Waals surface area contributed by atoms with Crippen molar-refractivity contribution in [1.29, 1.82) is 0 Å². The summed E-state index contributed by atoms with van der Waals surface area (Å²) in [5.74, 6) is -0.860. The fourth-order valence-electron chi connectivity index (χ4n) is 1.55. The van der Waals surface area contributed by atoms with Gasteiger partial charge in [0.2, 0.25) is 5.91 Å². The molecule has 1 amide bonds. The first kappa shape index (κ1) is 17.8. The number of rotatable bonds is 7. The summed E-state index contributed by atoms with van der Waals surface area (Å²) in [4.78, 5) is 21.0. The maximum Gasteiger partial charge on any atom is 0.300 e. The second-order valence-corrected chi connectivity index (χ2v) is 8.46. The first-order valence-electron chi connectivity index (χ1n) is 5.78. The molecule has 0 aliphatic heterocycles. The number of nitrogens with two attached hydrogens (primary N) is 1. The number of nitrogens with zero attached hydrogens (tertiary/aromatic N) is 2. The Morgan fingerprint density at radius 3 is 2.52 bits per heavy atom. The van der Waals surface area contributed by atoms with Crippen LogP contribution in [0.1, 0.15) is 13.8 Å². The lowest BCUT2D eigenvalue weighted by Crippen LogP contribution is -2.40. The van der Waals surface area contributed by atoms with Crippen LogP contribution in [-0.2, 0) is 14.8 Å². The second-order valence-electron chi connectivity index (χ2n) is 4.64. The van der Waals surface area contributed by atoms with Gasteiger partial charge in [0.25, 0.3) is 15.7 Å². The topological polar surface area (TPSA) is 124 Å². The highest BCUT2D eigenvalue weighted by atomic mass is 35.5. The van der Waals surface area contributed by atoms with Gasteiger partial charge in [0.15, 0.2) is 4.34 Å². The van der Waals surface area contributed by atoms with Crippen molar-refractivity contribution in [1.82, 2.24) is 4.31 Å². The van der Waals surface area contributed by atoms with E-state index in [0.29, 0.717) is 11.3 Å². The standard InChI is InChI=1S/C10H14ClN3O5S2/c1-6(2)4-13(5-8(12)15)21(18,19)9-3-7(14(16)17)10(11)20-9/h3,6H,4-5H2,1-2H3,(H2,12,15). The third-order valence-electron chi connectivity index (χ3n) is 2.34. The Balaban J connectivity index is 3.24. The van der Waals surface area contributed by atoms with Gasteiger partial charge in [0.05, 0.1) is 11.5 Å². The molecular weight excluding hydrogens is 342 g/mol. The van der Waals surface area contributed by atoms with Gasteiger partial charge >= 0.3 is 0 Å². The molecule has 1 heterocycles. The van der Waals surface area contributed by atoms with E-state index in [0.717, 1.165) is 10.4 Å². The molecule has 8 nitrogen and oxygen atoms in total. The lowest BCUT2D eigenvalue weighted by atomic mass is 10.2. The molecule has 0 aromatic carbocycles. The normalized spacial score (nSPS) is 12.0. The Hall–Kier alpha value is -1.23. The summed E-state index contributed by atoms with van der Waals surface area (Å²) in [5.41, 5.74) is 4.57. The Morgan fingerprint density at radius 1 is 1.57 bits per heavy atom. The molecule has 118 valence electrons. The Morgan fingerprint density at radius 2 is 2.14 bits per heavy atom.